The number of carbonyl (C=O) groups is 2. The van der Waals surface area contributed by atoms with Crippen molar-refractivity contribution in [2.75, 3.05) is 13.2 Å². The Morgan fingerprint density at radius 1 is 0.907 bits per heavy atom. The molecule has 5 aromatic rings. The Morgan fingerprint density at radius 2 is 1.59 bits per heavy atom. The first-order valence-electron chi connectivity index (χ1n) is 17.7. The number of amides is 1. The Kier molecular flexibility index (Phi) is 11.1. The SMILES string of the molecule is CCN1Cc2cc3c(cc2C[C@H]1C(=O)NC(Cc1ccc(-c2ccc(C#N)cc2)cc1)C(=O)O)OC[C@H](c1ccc(OCc2ccc(Cl)c(Cl)c2)cc1)O3. The number of fused-ring (bicyclic) bond motifs is 2. The maximum absolute atomic E-state index is 13.7. The predicted octanol–water partition coefficient (Wildman–Crippen LogP) is 8.18. The fourth-order valence-electron chi connectivity index (χ4n) is 6.81. The van der Waals surface area contributed by atoms with Gasteiger partial charge in [0.15, 0.2) is 17.6 Å². The number of carbonyl (C=O) groups excluding carboxylic acids is 1. The highest BCUT2D eigenvalue weighted by atomic mass is 35.5. The zero-order valence-electron chi connectivity index (χ0n) is 29.4. The van der Waals surface area contributed by atoms with Gasteiger partial charge in [0.05, 0.1) is 27.7 Å². The van der Waals surface area contributed by atoms with Crippen molar-refractivity contribution in [3.63, 3.8) is 0 Å². The molecule has 7 rings (SSSR count). The number of halogens is 2. The minimum Gasteiger partial charge on any atom is -0.489 e. The summed E-state index contributed by atoms with van der Waals surface area (Å²) in [5, 5.41) is 22.9. The molecule has 2 aliphatic rings. The van der Waals surface area contributed by atoms with E-state index in [1.807, 2.05) is 90.7 Å². The molecule has 0 aromatic heterocycles. The van der Waals surface area contributed by atoms with Crippen LogP contribution >= 0.6 is 23.2 Å². The molecule has 274 valence electrons. The lowest BCUT2D eigenvalue weighted by atomic mass is 9.92. The predicted molar refractivity (Wildman–Crippen MR) is 206 cm³/mol. The molecule has 9 nitrogen and oxygen atoms in total. The average Bonchev–Trinajstić information content (AvgIpc) is 3.20. The van der Waals surface area contributed by atoms with E-state index in [1.165, 1.54) is 0 Å². The van der Waals surface area contributed by atoms with Crippen molar-refractivity contribution in [3.8, 4) is 34.4 Å². The van der Waals surface area contributed by atoms with Gasteiger partial charge >= 0.3 is 5.97 Å². The lowest BCUT2D eigenvalue weighted by Crippen LogP contribution is -2.54. The van der Waals surface area contributed by atoms with Crippen LogP contribution in [0.15, 0.2) is 103 Å². The molecule has 2 aliphatic heterocycles. The van der Waals surface area contributed by atoms with Crippen molar-refractivity contribution >= 4 is 35.1 Å². The molecule has 0 saturated heterocycles. The maximum Gasteiger partial charge on any atom is 0.326 e. The number of nitrogens with one attached hydrogen (secondary N) is 1. The molecular formula is C43H37Cl2N3O6. The topological polar surface area (TPSA) is 121 Å². The molecule has 2 N–H and O–H groups in total. The second kappa shape index (κ2) is 16.2. The summed E-state index contributed by atoms with van der Waals surface area (Å²) in [6.07, 6.45) is 0.229. The van der Waals surface area contributed by atoms with E-state index in [4.69, 9.17) is 42.7 Å². The van der Waals surface area contributed by atoms with Gasteiger partial charge in [-0.25, -0.2) is 4.79 Å². The van der Waals surface area contributed by atoms with E-state index >= 15 is 0 Å². The molecule has 1 amide bonds. The van der Waals surface area contributed by atoms with Gasteiger partial charge in [-0.1, -0.05) is 84.7 Å². The van der Waals surface area contributed by atoms with Gasteiger partial charge in [0.25, 0.3) is 0 Å². The summed E-state index contributed by atoms with van der Waals surface area (Å²) in [5.41, 5.74) is 7.13. The van der Waals surface area contributed by atoms with Crippen LogP contribution in [0.5, 0.6) is 17.2 Å². The van der Waals surface area contributed by atoms with Crippen molar-refractivity contribution in [1.29, 1.82) is 5.26 Å². The minimum atomic E-state index is -1.10. The number of rotatable bonds is 11. The molecule has 3 atom stereocenters. The summed E-state index contributed by atoms with van der Waals surface area (Å²) < 4.78 is 18.6. The minimum absolute atomic E-state index is 0.137. The fourth-order valence-corrected chi connectivity index (χ4v) is 7.13. The van der Waals surface area contributed by atoms with Crippen LogP contribution in [0.1, 0.15) is 46.4 Å². The number of carboxylic acids is 1. The number of hydrogen-bond donors (Lipinski definition) is 2. The summed E-state index contributed by atoms with van der Waals surface area (Å²) in [6, 6.07) is 32.3. The zero-order valence-corrected chi connectivity index (χ0v) is 30.9. The van der Waals surface area contributed by atoms with Crippen molar-refractivity contribution in [3.05, 3.63) is 147 Å². The van der Waals surface area contributed by atoms with Crippen LogP contribution in [0.2, 0.25) is 10.0 Å². The van der Waals surface area contributed by atoms with Gasteiger partial charge in [-0.15, -0.1) is 0 Å². The molecule has 0 spiro atoms. The van der Waals surface area contributed by atoms with Crippen LogP contribution in [0, 0.1) is 11.3 Å². The highest BCUT2D eigenvalue weighted by Gasteiger charge is 2.35. The largest absolute Gasteiger partial charge is 0.489 e. The Labute approximate surface area is 323 Å². The molecule has 54 heavy (non-hydrogen) atoms. The molecule has 2 heterocycles. The molecule has 0 saturated carbocycles. The molecule has 0 radical (unpaired) electrons. The third-order valence-electron chi connectivity index (χ3n) is 9.86. The highest BCUT2D eigenvalue weighted by molar-refractivity contribution is 6.42. The Balaban J connectivity index is 0.977. The third-order valence-corrected chi connectivity index (χ3v) is 10.6. The van der Waals surface area contributed by atoms with Crippen LogP contribution in [-0.2, 0) is 35.6 Å². The van der Waals surface area contributed by atoms with Gasteiger partial charge in [-0.3, -0.25) is 9.69 Å². The smallest absolute Gasteiger partial charge is 0.326 e. The summed E-state index contributed by atoms with van der Waals surface area (Å²) >= 11 is 12.1. The van der Waals surface area contributed by atoms with Gasteiger partial charge < -0.3 is 24.6 Å². The van der Waals surface area contributed by atoms with Gasteiger partial charge in [-0.2, -0.15) is 5.26 Å². The monoisotopic (exact) mass is 761 g/mol. The zero-order chi connectivity index (χ0) is 37.8. The number of carboxylic acid groups (broad SMARTS) is 1. The summed E-state index contributed by atoms with van der Waals surface area (Å²) in [5.74, 6) is 0.532. The number of nitrogens with zero attached hydrogens (tertiary/aromatic N) is 2. The second-order valence-corrected chi connectivity index (χ2v) is 14.2. The van der Waals surface area contributed by atoms with Gasteiger partial charge in [-0.05, 0) is 100 Å². The van der Waals surface area contributed by atoms with Crippen molar-refractivity contribution in [2.45, 2.75) is 51.1 Å². The number of benzene rings is 5. The van der Waals surface area contributed by atoms with Crippen molar-refractivity contribution in [2.24, 2.45) is 0 Å². The molecule has 0 bridgehead atoms. The van der Waals surface area contributed by atoms with Gasteiger partial charge in [0.1, 0.15) is 25.0 Å². The van der Waals surface area contributed by atoms with E-state index in [1.54, 1.807) is 24.3 Å². The molecule has 1 unspecified atom stereocenters. The lowest BCUT2D eigenvalue weighted by molar-refractivity contribution is -0.142. The molecule has 5 aromatic carbocycles. The van der Waals surface area contributed by atoms with Crippen LogP contribution in [0.25, 0.3) is 11.1 Å². The van der Waals surface area contributed by atoms with Crippen molar-refractivity contribution in [1.82, 2.24) is 10.2 Å². The van der Waals surface area contributed by atoms with Gasteiger partial charge in [0.2, 0.25) is 5.91 Å². The van der Waals surface area contributed by atoms with E-state index in [-0.39, 0.29) is 18.4 Å². The first kappa shape index (κ1) is 36.8. The van der Waals surface area contributed by atoms with E-state index in [0.717, 1.165) is 38.9 Å². The lowest BCUT2D eigenvalue weighted by Gasteiger charge is -2.37. The first-order chi connectivity index (χ1) is 26.2. The standard InChI is InChI=1S/C43H37Cl2N3O6/c1-2-48-23-33-21-40-39(53-25-41(54-40)31-12-14-34(15-13-31)52-24-28-7-16-35(44)36(45)17-28)20-32(33)19-38(48)42(49)47-37(43(50)51)18-26-3-8-29(9-4-26)30-10-5-27(22-46)6-11-30/h3-17,20-21,37-38,41H,2,18-19,23-25H2,1H3,(H,47,49)(H,50,51)/t37?,38-,41+/m0/s1. The molecular weight excluding hydrogens is 725 g/mol. The van der Waals surface area contributed by atoms with Crippen LogP contribution in [-0.4, -0.2) is 47.1 Å². The Morgan fingerprint density at radius 3 is 2.26 bits per heavy atom. The Hall–Kier alpha value is -5.53. The van der Waals surface area contributed by atoms with Gasteiger partial charge in [0, 0.05) is 13.0 Å². The number of aliphatic carboxylic acids is 1. The van der Waals surface area contributed by atoms with Crippen LogP contribution in [0.3, 0.4) is 0 Å². The normalized spacial score (nSPS) is 16.8. The van der Waals surface area contributed by atoms with E-state index < -0.39 is 18.1 Å². The first-order valence-corrected chi connectivity index (χ1v) is 18.4. The fraction of sp³-hybridized carbons (Fsp3) is 0.233. The van der Waals surface area contributed by atoms with Crippen molar-refractivity contribution < 1.29 is 28.9 Å². The molecule has 0 fully saturated rings. The van der Waals surface area contributed by atoms with E-state index in [2.05, 4.69) is 11.4 Å². The van der Waals surface area contributed by atoms with E-state index in [0.29, 0.717) is 65.6 Å². The number of hydrogen-bond acceptors (Lipinski definition) is 7. The average molecular weight is 763 g/mol. The summed E-state index contributed by atoms with van der Waals surface area (Å²) in [4.78, 5) is 28.1. The highest BCUT2D eigenvalue weighted by Crippen LogP contribution is 2.41. The Bertz CT molecular complexity index is 2200. The number of ether oxygens (including phenoxy) is 3. The quantitative estimate of drug-likeness (QED) is 0.138. The molecule has 11 heteroatoms. The number of likely N-dealkylation sites (N-methyl/N-ethyl adjacent to an activating group) is 1. The number of nitriles is 1. The second-order valence-electron chi connectivity index (χ2n) is 13.4. The maximum atomic E-state index is 13.7. The third kappa shape index (κ3) is 8.32. The molecule has 0 aliphatic carbocycles. The summed E-state index contributed by atoms with van der Waals surface area (Å²) in [7, 11) is 0. The van der Waals surface area contributed by atoms with Crippen LogP contribution in [0.4, 0.5) is 0 Å². The van der Waals surface area contributed by atoms with E-state index in [9.17, 15) is 14.7 Å². The van der Waals surface area contributed by atoms with Crippen LogP contribution < -0.4 is 19.5 Å². The summed E-state index contributed by atoms with van der Waals surface area (Å²) in [6.45, 7) is 3.76.